The van der Waals surface area contributed by atoms with E-state index in [9.17, 15) is 4.79 Å². The summed E-state index contributed by atoms with van der Waals surface area (Å²) in [5, 5.41) is 3.35. The van der Waals surface area contributed by atoms with Crippen molar-refractivity contribution in [3.8, 4) is 0 Å². The van der Waals surface area contributed by atoms with Crippen molar-refractivity contribution in [2.75, 3.05) is 36.4 Å². The number of amides is 1. The van der Waals surface area contributed by atoms with E-state index in [1.165, 1.54) is 5.56 Å². The summed E-state index contributed by atoms with van der Waals surface area (Å²) >= 11 is 0. The van der Waals surface area contributed by atoms with Gasteiger partial charge in [-0.15, -0.1) is 0 Å². The highest BCUT2D eigenvalue weighted by Crippen LogP contribution is 2.25. The molecule has 0 bridgehead atoms. The quantitative estimate of drug-likeness (QED) is 0.918. The normalized spacial score (nSPS) is 15.1. The lowest BCUT2D eigenvalue weighted by molar-refractivity contribution is -0.129. The molecular weight excluding hydrogens is 326 g/mol. The summed E-state index contributed by atoms with van der Waals surface area (Å²) < 4.78 is 0. The maximum Gasteiger partial charge on any atom is 0.227 e. The van der Waals surface area contributed by atoms with Crippen molar-refractivity contribution < 1.29 is 4.79 Å². The summed E-state index contributed by atoms with van der Waals surface area (Å²) in [6.07, 6.45) is 1.77. The molecule has 2 heterocycles. The highest BCUT2D eigenvalue weighted by molar-refractivity contribution is 5.73. The van der Waals surface area contributed by atoms with Gasteiger partial charge in [0.1, 0.15) is 5.82 Å². The van der Waals surface area contributed by atoms with E-state index in [1.807, 2.05) is 11.0 Å². The van der Waals surface area contributed by atoms with Gasteiger partial charge in [0.2, 0.25) is 11.9 Å². The average molecular weight is 353 g/mol. The molecule has 6 heteroatoms. The van der Waals surface area contributed by atoms with Gasteiger partial charge in [0, 0.05) is 45.0 Å². The number of aromatic nitrogens is 2. The lowest BCUT2D eigenvalue weighted by atomic mass is 9.87. The molecule has 1 amide bonds. The Morgan fingerprint density at radius 1 is 1.04 bits per heavy atom. The molecule has 26 heavy (non-hydrogen) atoms. The highest BCUT2D eigenvalue weighted by atomic mass is 16.2. The maximum atomic E-state index is 11.5. The third kappa shape index (κ3) is 4.31. The number of nitrogens with zero attached hydrogens (tertiary/aromatic N) is 4. The van der Waals surface area contributed by atoms with E-state index in [0.29, 0.717) is 19.0 Å². The van der Waals surface area contributed by atoms with Crippen LogP contribution in [0.1, 0.15) is 33.3 Å². The van der Waals surface area contributed by atoms with Gasteiger partial charge < -0.3 is 15.1 Å². The summed E-state index contributed by atoms with van der Waals surface area (Å²) in [7, 11) is 0. The third-order valence-corrected chi connectivity index (χ3v) is 4.67. The van der Waals surface area contributed by atoms with Gasteiger partial charge in [-0.05, 0) is 29.2 Å². The zero-order chi connectivity index (χ0) is 18.7. The van der Waals surface area contributed by atoms with Crippen LogP contribution in [0.25, 0.3) is 0 Å². The summed E-state index contributed by atoms with van der Waals surface area (Å²) in [4.78, 5) is 24.5. The van der Waals surface area contributed by atoms with E-state index < -0.39 is 0 Å². The van der Waals surface area contributed by atoms with Gasteiger partial charge in [-0.25, -0.2) is 4.98 Å². The highest BCUT2D eigenvalue weighted by Gasteiger charge is 2.20. The molecule has 0 radical (unpaired) electrons. The van der Waals surface area contributed by atoms with Crippen molar-refractivity contribution in [3.05, 3.63) is 42.1 Å². The molecule has 0 saturated carbocycles. The molecule has 1 saturated heterocycles. The Balaban J connectivity index is 1.67. The smallest absolute Gasteiger partial charge is 0.227 e. The van der Waals surface area contributed by atoms with Crippen LogP contribution >= 0.6 is 0 Å². The molecule has 1 aromatic carbocycles. The maximum absolute atomic E-state index is 11.5. The molecular formula is C20H27N5O. The Kier molecular flexibility index (Phi) is 5.11. The second-order valence-corrected chi connectivity index (χ2v) is 7.69. The monoisotopic (exact) mass is 353 g/mol. The minimum Gasteiger partial charge on any atom is -0.340 e. The number of nitrogens with one attached hydrogen (secondary N) is 1. The van der Waals surface area contributed by atoms with E-state index in [1.54, 1.807) is 13.1 Å². The van der Waals surface area contributed by atoms with E-state index >= 15 is 0 Å². The van der Waals surface area contributed by atoms with Crippen LogP contribution < -0.4 is 10.2 Å². The summed E-state index contributed by atoms with van der Waals surface area (Å²) in [5.41, 5.74) is 2.45. The molecule has 2 aromatic rings. The Labute approximate surface area is 155 Å². The van der Waals surface area contributed by atoms with Gasteiger partial charge in [0.15, 0.2) is 0 Å². The number of rotatable bonds is 3. The van der Waals surface area contributed by atoms with Crippen LogP contribution in [0, 0.1) is 0 Å². The van der Waals surface area contributed by atoms with Gasteiger partial charge in [-0.3, -0.25) is 4.79 Å². The number of piperazine rings is 1. The largest absolute Gasteiger partial charge is 0.340 e. The molecule has 1 N–H and O–H groups in total. The Bertz CT molecular complexity index is 759. The Hall–Kier alpha value is -2.63. The second-order valence-electron chi connectivity index (χ2n) is 7.69. The predicted molar refractivity (Wildman–Crippen MR) is 105 cm³/mol. The first kappa shape index (κ1) is 18.2. The van der Waals surface area contributed by atoms with E-state index in [0.717, 1.165) is 24.6 Å². The standard InChI is InChI=1S/C20H27N5O/c1-15(26)24-11-13-25(14-12-24)19-21-10-9-18(23-19)22-17-7-5-16(6-8-17)20(2,3)4/h5-10H,11-14H2,1-4H3,(H,21,22,23). The molecule has 1 aromatic heterocycles. The van der Waals surface area contributed by atoms with Crippen LogP contribution in [0.2, 0.25) is 0 Å². The SMILES string of the molecule is CC(=O)N1CCN(c2nccc(Nc3ccc(C(C)(C)C)cc3)n2)CC1. The average Bonchev–Trinajstić information content (AvgIpc) is 2.62. The molecule has 1 aliphatic heterocycles. The van der Waals surface area contributed by atoms with Crippen LogP contribution in [0.15, 0.2) is 36.5 Å². The number of anilines is 3. The van der Waals surface area contributed by atoms with Gasteiger partial charge >= 0.3 is 0 Å². The fourth-order valence-electron chi connectivity index (χ4n) is 2.99. The van der Waals surface area contributed by atoms with Crippen molar-refractivity contribution >= 4 is 23.4 Å². The first-order valence-corrected chi connectivity index (χ1v) is 9.04. The Morgan fingerprint density at radius 3 is 2.27 bits per heavy atom. The van der Waals surface area contributed by atoms with Gasteiger partial charge in [-0.2, -0.15) is 4.98 Å². The van der Waals surface area contributed by atoms with Crippen LogP contribution in [0.5, 0.6) is 0 Å². The number of carbonyl (C=O) groups excluding carboxylic acids is 1. The lowest BCUT2D eigenvalue weighted by Gasteiger charge is -2.34. The molecule has 0 aliphatic carbocycles. The molecule has 0 atom stereocenters. The van der Waals surface area contributed by atoms with E-state index in [4.69, 9.17) is 0 Å². The Morgan fingerprint density at radius 2 is 1.69 bits per heavy atom. The lowest BCUT2D eigenvalue weighted by Crippen LogP contribution is -2.48. The topological polar surface area (TPSA) is 61.4 Å². The molecule has 0 spiro atoms. The number of hydrogen-bond donors (Lipinski definition) is 1. The fraction of sp³-hybridized carbons (Fsp3) is 0.450. The molecule has 6 nitrogen and oxygen atoms in total. The molecule has 0 unspecified atom stereocenters. The summed E-state index contributed by atoms with van der Waals surface area (Å²) in [6.45, 7) is 11.2. The van der Waals surface area contributed by atoms with Crippen molar-refractivity contribution in [2.24, 2.45) is 0 Å². The third-order valence-electron chi connectivity index (χ3n) is 4.67. The molecule has 138 valence electrons. The van der Waals surface area contributed by atoms with E-state index in [2.05, 4.69) is 65.2 Å². The van der Waals surface area contributed by atoms with Crippen LogP contribution in [-0.2, 0) is 10.2 Å². The van der Waals surface area contributed by atoms with Gasteiger partial charge in [0.05, 0.1) is 0 Å². The van der Waals surface area contributed by atoms with E-state index in [-0.39, 0.29) is 11.3 Å². The number of hydrogen-bond acceptors (Lipinski definition) is 5. The fourth-order valence-corrected chi connectivity index (χ4v) is 2.99. The zero-order valence-electron chi connectivity index (χ0n) is 16.0. The molecule has 3 rings (SSSR count). The zero-order valence-corrected chi connectivity index (χ0v) is 16.0. The van der Waals surface area contributed by atoms with Crippen molar-refractivity contribution in [1.29, 1.82) is 0 Å². The van der Waals surface area contributed by atoms with Crippen molar-refractivity contribution in [1.82, 2.24) is 14.9 Å². The molecule has 1 aliphatic rings. The van der Waals surface area contributed by atoms with Gasteiger partial charge in [-0.1, -0.05) is 32.9 Å². The van der Waals surface area contributed by atoms with Gasteiger partial charge in [0.25, 0.3) is 0 Å². The first-order valence-electron chi connectivity index (χ1n) is 9.04. The first-order chi connectivity index (χ1) is 12.3. The minimum absolute atomic E-state index is 0.125. The second kappa shape index (κ2) is 7.32. The summed E-state index contributed by atoms with van der Waals surface area (Å²) in [5.74, 6) is 1.59. The van der Waals surface area contributed by atoms with Crippen LogP contribution in [0.3, 0.4) is 0 Å². The number of benzene rings is 1. The van der Waals surface area contributed by atoms with Crippen LogP contribution in [-0.4, -0.2) is 47.0 Å². The predicted octanol–water partition coefficient (Wildman–Crippen LogP) is 3.19. The van der Waals surface area contributed by atoms with Crippen molar-refractivity contribution in [2.45, 2.75) is 33.1 Å². The molecule has 1 fully saturated rings. The van der Waals surface area contributed by atoms with Crippen LogP contribution in [0.4, 0.5) is 17.5 Å². The van der Waals surface area contributed by atoms with Crippen molar-refractivity contribution in [3.63, 3.8) is 0 Å². The number of carbonyl (C=O) groups is 1. The minimum atomic E-state index is 0.125. The summed E-state index contributed by atoms with van der Waals surface area (Å²) in [6, 6.07) is 10.3.